The molecule has 1 aromatic carbocycles. The normalized spacial score (nSPS) is 12.0. The standard InChI is InChI=1S/C10H11BrO5/c1-15-7-4-6(11)8(16-2)3-5(7)9(12)10(13)14/h3-4,9,12H,1-2H3,(H,13,14)/t9-/m0/s1. The number of ether oxygens (including phenoxy) is 2. The Bertz CT molecular complexity index is 404. The number of halogens is 1. The van der Waals surface area contributed by atoms with Gasteiger partial charge >= 0.3 is 5.97 Å². The average Bonchev–Trinajstić information content (AvgIpc) is 2.27. The van der Waals surface area contributed by atoms with E-state index in [9.17, 15) is 9.90 Å². The number of carboxylic acids is 1. The highest BCUT2D eigenvalue weighted by Crippen LogP contribution is 2.35. The maximum Gasteiger partial charge on any atom is 0.337 e. The van der Waals surface area contributed by atoms with E-state index in [4.69, 9.17) is 14.6 Å². The van der Waals surface area contributed by atoms with E-state index >= 15 is 0 Å². The van der Waals surface area contributed by atoms with Gasteiger partial charge in [-0.2, -0.15) is 0 Å². The molecule has 1 atom stereocenters. The first-order valence-corrected chi connectivity index (χ1v) is 5.12. The van der Waals surface area contributed by atoms with E-state index in [2.05, 4.69) is 15.9 Å². The molecule has 1 rings (SSSR count). The Morgan fingerprint density at radius 3 is 2.31 bits per heavy atom. The van der Waals surface area contributed by atoms with Crippen LogP contribution in [0.1, 0.15) is 11.7 Å². The van der Waals surface area contributed by atoms with Crippen LogP contribution < -0.4 is 9.47 Å². The van der Waals surface area contributed by atoms with E-state index in [-0.39, 0.29) is 11.3 Å². The number of aliphatic hydroxyl groups is 1. The van der Waals surface area contributed by atoms with Crippen molar-refractivity contribution in [1.29, 1.82) is 0 Å². The second kappa shape index (κ2) is 5.18. The minimum atomic E-state index is -1.64. The summed E-state index contributed by atoms with van der Waals surface area (Å²) in [6.07, 6.45) is -1.64. The largest absolute Gasteiger partial charge is 0.496 e. The molecule has 5 nitrogen and oxygen atoms in total. The van der Waals surface area contributed by atoms with Crippen LogP contribution in [0.15, 0.2) is 16.6 Å². The van der Waals surface area contributed by atoms with Gasteiger partial charge in [0.2, 0.25) is 0 Å². The number of hydrogen-bond donors (Lipinski definition) is 2. The van der Waals surface area contributed by atoms with Crippen molar-refractivity contribution in [2.45, 2.75) is 6.10 Å². The summed E-state index contributed by atoms with van der Waals surface area (Å²) in [6, 6.07) is 2.96. The average molecular weight is 291 g/mol. The quantitative estimate of drug-likeness (QED) is 0.881. The highest BCUT2D eigenvalue weighted by atomic mass is 79.9. The molecule has 0 amide bonds. The van der Waals surface area contributed by atoms with Gasteiger partial charge in [-0.15, -0.1) is 0 Å². The smallest absolute Gasteiger partial charge is 0.337 e. The van der Waals surface area contributed by atoms with E-state index in [0.29, 0.717) is 10.2 Å². The van der Waals surface area contributed by atoms with Crippen LogP contribution in [-0.2, 0) is 4.79 Å². The number of aliphatic carboxylic acids is 1. The topological polar surface area (TPSA) is 76.0 Å². The molecule has 0 saturated heterocycles. The fraction of sp³-hybridized carbons (Fsp3) is 0.300. The molecule has 0 aliphatic carbocycles. The first-order chi connectivity index (χ1) is 7.51. The zero-order valence-corrected chi connectivity index (χ0v) is 10.3. The first kappa shape index (κ1) is 12.8. The molecule has 0 heterocycles. The van der Waals surface area contributed by atoms with Crippen molar-refractivity contribution >= 4 is 21.9 Å². The summed E-state index contributed by atoms with van der Waals surface area (Å²) in [6.45, 7) is 0. The Morgan fingerprint density at radius 2 is 1.88 bits per heavy atom. The SMILES string of the molecule is COc1cc([C@H](O)C(=O)O)c(OC)cc1Br. The number of benzene rings is 1. The summed E-state index contributed by atoms with van der Waals surface area (Å²) < 4.78 is 10.6. The molecular formula is C10H11BrO5. The van der Waals surface area contributed by atoms with Gasteiger partial charge in [-0.3, -0.25) is 0 Å². The van der Waals surface area contributed by atoms with Crippen LogP contribution in [0.25, 0.3) is 0 Å². The monoisotopic (exact) mass is 290 g/mol. The molecule has 0 unspecified atom stereocenters. The first-order valence-electron chi connectivity index (χ1n) is 4.33. The lowest BCUT2D eigenvalue weighted by atomic mass is 10.1. The van der Waals surface area contributed by atoms with Crippen LogP contribution in [0.5, 0.6) is 11.5 Å². The van der Waals surface area contributed by atoms with Crippen molar-refractivity contribution in [1.82, 2.24) is 0 Å². The highest BCUT2D eigenvalue weighted by molar-refractivity contribution is 9.10. The van der Waals surface area contributed by atoms with E-state index in [1.165, 1.54) is 20.3 Å². The molecule has 0 saturated carbocycles. The Balaban J connectivity index is 3.29. The Kier molecular flexibility index (Phi) is 4.14. The highest BCUT2D eigenvalue weighted by Gasteiger charge is 2.22. The molecule has 0 spiro atoms. The van der Waals surface area contributed by atoms with Gasteiger partial charge in [-0.05, 0) is 28.1 Å². The van der Waals surface area contributed by atoms with Gasteiger partial charge in [-0.1, -0.05) is 0 Å². The van der Waals surface area contributed by atoms with Gasteiger partial charge in [0.05, 0.1) is 18.7 Å². The Labute approximate surface area is 101 Å². The number of methoxy groups -OCH3 is 2. The summed E-state index contributed by atoms with van der Waals surface area (Å²) in [7, 11) is 2.84. The lowest BCUT2D eigenvalue weighted by Gasteiger charge is -2.14. The van der Waals surface area contributed by atoms with Gasteiger partial charge in [-0.25, -0.2) is 4.79 Å². The molecule has 0 aliphatic rings. The van der Waals surface area contributed by atoms with Crippen molar-refractivity contribution in [3.8, 4) is 11.5 Å². The molecule has 0 aromatic heterocycles. The van der Waals surface area contributed by atoms with E-state index in [1.54, 1.807) is 6.07 Å². The number of carboxylic acid groups (broad SMARTS) is 1. The van der Waals surface area contributed by atoms with Gasteiger partial charge in [0.1, 0.15) is 11.5 Å². The number of hydrogen-bond acceptors (Lipinski definition) is 4. The van der Waals surface area contributed by atoms with Crippen LogP contribution in [0.4, 0.5) is 0 Å². The molecular weight excluding hydrogens is 280 g/mol. The lowest BCUT2D eigenvalue weighted by molar-refractivity contribution is -0.147. The lowest BCUT2D eigenvalue weighted by Crippen LogP contribution is -2.12. The molecule has 2 N–H and O–H groups in total. The van der Waals surface area contributed by atoms with Gasteiger partial charge < -0.3 is 19.7 Å². The zero-order valence-electron chi connectivity index (χ0n) is 8.73. The predicted molar refractivity (Wildman–Crippen MR) is 59.8 cm³/mol. The van der Waals surface area contributed by atoms with Crippen molar-refractivity contribution in [3.05, 3.63) is 22.2 Å². The van der Waals surface area contributed by atoms with E-state index in [0.717, 1.165) is 0 Å². The van der Waals surface area contributed by atoms with Gasteiger partial charge in [0, 0.05) is 5.56 Å². The molecule has 0 fully saturated rings. The molecule has 0 bridgehead atoms. The van der Waals surface area contributed by atoms with Crippen LogP contribution in [0.3, 0.4) is 0 Å². The van der Waals surface area contributed by atoms with Crippen LogP contribution in [0.2, 0.25) is 0 Å². The third-order valence-corrected chi connectivity index (χ3v) is 2.65. The maximum absolute atomic E-state index is 10.7. The molecule has 16 heavy (non-hydrogen) atoms. The minimum absolute atomic E-state index is 0.148. The van der Waals surface area contributed by atoms with Crippen molar-refractivity contribution in [2.75, 3.05) is 14.2 Å². The third-order valence-electron chi connectivity index (χ3n) is 2.03. The molecule has 1 aromatic rings. The number of aliphatic hydroxyl groups excluding tert-OH is 1. The van der Waals surface area contributed by atoms with Crippen LogP contribution in [0, 0.1) is 0 Å². The van der Waals surface area contributed by atoms with Crippen molar-refractivity contribution in [2.24, 2.45) is 0 Å². The van der Waals surface area contributed by atoms with Gasteiger partial charge in [0.15, 0.2) is 6.10 Å². The predicted octanol–water partition coefficient (Wildman–Crippen LogP) is 1.58. The third kappa shape index (κ3) is 2.45. The van der Waals surface area contributed by atoms with Gasteiger partial charge in [0.25, 0.3) is 0 Å². The van der Waals surface area contributed by atoms with E-state index in [1.807, 2.05) is 0 Å². The second-order valence-corrected chi connectivity index (χ2v) is 3.82. The maximum atomic E-state index is 10.7. The van der Waals surface area contributed by atoms with Crippen molar-refractivity contribution in [3.63, 3.8) is 0 Å². The summed E-state index contributed by atoms with van der Waals surface area (Å²) in [5, 5.41) is 18.2. The van der Waals surface area contributed by atoms with E-state index < -0.39 is 12.1 Å². The van der Waals surface area contributed by atoms with Crippen LogP contribution >= 0.6 is 15.9 Å². The zero-order chi connectivity index (χ0) is 12.3. The van der Waals surface area contributed by atoms with Crippen LogP contribution in [-0.4, -0.2) is 30.4 Å². The fourth-order valence-corrected chi connectivity index (χ4v) is 1.72. The number of rotatable bonds is 4. The molecule has 0 aliphatic heterocycles. The van der Waals surface area contributed by atoms with Crippen molar-refractivity contribution < 1.29 is 24.5 Å². The summed E-state index contributed by atoms with van der Waals surface area (Å²) in [5.74, 6) is -0.638. The molecule has 0 radical (unpaired) electrons. The summed E-state index contributed by atoms with van der Waals surface area (Å²) >= 11 is 3.23. The Morgan fingerprint density at radius 1 is 1.31 bits per heavy atom. The molecule has 88 valence electrons. The fourth-order valence-electron chi connectivity index (χ4n) is 1.23. The molecule has 6 heteroatoms. The summed E-state index contributed by atoms with van der Waals surface area (Å²) in [4.78, 5) is 10.7. The minimum Gasteiger partial charge on any atom is -0.496 e. The second-order valence-electron chi connectivity index (χ2n) is 2.97. The summed E-state index contributed by atoms with van der Waals surface area (Å²) in [5.41, 5.74) is 0.148. The number of carbonyl (C=O) groups is 1. The Hall–Kier alpha value is -1.27.